The van der Waals surface area contributed by atoms with E-state index in [9.17, 15) is 20.2 Å². The van der Waals surface area contributed by atoms with Crippen LogP contribution in [0.5, 0.6) is 0 Å². The topological polar surface area (TPSA) is 138 Å². The van der Waals surface area contributed by atoms with Gasteiger partial charge in [-0.15, -0.1) is 0 Å². The second-order valence-electron chi connectivity index (χ2n) is 2.88. The van der Waals surface area contributed by atoms with Crippen LogP contribution in [0.3, 0.4) is 0 Å². The average Bonchev–Trinajstić information content (AvgIpc) is 2.13. The highest BCUT2D eigenvalue weighted by Crippen LogP contribution is 2.36. The molecule has 0 heterocycles. The quantitative estimate of drug-likeness (QED) is 0.425. The first kappa shape index (κ1) is 10.7. The number of benzene rings is 1. The molecule has 0 bridgehead atoms. The molecular formula is C7H8N4O4. The first-order valence-corrected chi connectivity index (χ1v) is 3.83. The van der Waals surface area contributed by atoms with Crippen LogP contribution in [0.25, 0.3) is 0 Å². The Balaban J connectivity index is 3.59. The summed E-state index contributed by atoms with van der Waals surface area (Å²) in [7, 11) is 0. The van der Waals surface area contributed by atoms with E-state index in [0.717, 1.165) is 6.07 Å². The molecular weight excluding hydrogens is 204 g/mol. The fourth-order valence-electron chi connectivity index (χ4n) is 1.12. The van der Waals surface area contributed by atoms with E-state index in [-0.39, 0.29) is 16.9 Å². The third kappa shape index (κ3) is 1.64. The Kier molecular flexibility index (Phi) is 2.43. The second-order valence-corrected chi connectivity index (χ2v) is 2.88. The number of hydrogen-bond donors (Lipinski definition) is 2. The molecule has 1 aromatic carbocycles. The Hall–Kier alpha value is -2.38. The normalized spacial score (nSPS) is 9.93. The fraction of sp³-hybridized carbons (Fsp3) is 0.143. The highest BCUT2D eigenvalue weighted by atomic mass is 16.6. The van der Waals surface area contributed by atoms with Gasteiger partial charge in [-0.2, -0.15) is 0 Å². The molecule has 0 amide bonds. The number of nitrogens with zero attached hydrogens (tertiary/aromatic N) is 2. The van der Waals surface area contributed by atoms with Crippen molar-refractivity contribution in [3.8, 4) is 0 Å². The number of rotatable bonds is 2. The third-order valence-corrected chi connectivity index (χ3v) is 2.03. The molecule has 0 saturated heterocycles. The van der Waals surface area contributed by atoms with Crippen molar-refractivity contribution >= 4 is 22.7 Å². The molecule has 80 valence electrons. The first-order chi connectivity index (χ1) is 6.86. The summed E-state index contributed by atoms with van der Waals surface area (Å²) in [6, 6.07) is 0.762. The lowest BCUT2D eigenvalue weighted by atomic mass is 10.1. The molecule has 0 fully saturated rings. The number of anilines is 2. The maximum Gasteiger partial charge on any atom is 0.299 e. The van der Waals surface area contributed by atoms with Gasteiger partial charge in [0.05, 0.1) is 15.9 Å². The highest BCUT2D eigenvalue weighted by molar-refractivity contribution is 5.78. The van der Waals surface area contributed by atoms with Gasteiger partial charge < -0.3 is 11.5 Å². The minimum absolute atomic E-state index is 0.149. The molecule has 0 aliphatic heterocycles. The van der Waals surface area contributed by atoms with Crippen LogP contribution in [0.2, 0.25) is 0 Å². The molecule has 1 rings (SSSR count). The van der Waals surface area contributed by atoms with Gasteiger partial charge in [-0.1, -0.05) is 0 Å². The van der Waals surface area contributed by atoms with Crippen LogP contribution in [-0.4, -0.2) is 9.85 Å². The summed E-state index contributed by atoms with van der Waals surface area (Å²) in [4.78, 5) is 19.5. The van der Waals surface area contributed by atoms with Gasteiger partial charge in [-0.05, 0) is 6.92 Å². The minimum Gasteiger partial charge on any atom is -0.393 e. The van der Waals surface area contributed by atoms with Gasteiger partial charge in [-0.3, -0.25) is 20.2 Å². The van der Waals surface area contributed by atoms with Gasteiger partial charge in [0, 0.05) is 5.56 Å². The zero-order chi connectivity index (χ0) is 11.7. The molecule has 15 heavy (non-hydrogen) atoms. The van der Waals surface area contributed by atoms with Crippen LogP contribution in [0.1, 0.15) is 5.56 Å². The van der Waals surface area contributed by atoms with Gasteiger partial charge in [0.1, 0.15) is 11.4 Å². The molecule has 8 nitrogen and oxygen atoms in total. The zero-order valence-corrected chi connectivity index (χ0v) is 7.76. The Morgan fingerprint density at radius 1 is 1.07 bits per heavy atom. The van der Waals surface area contributed by atoms with E-state index >= 15 is 0 Å². The number of nitro groups is 2. The van der Waals surface area contributed by atoms with E-state index in [1.807, 2.05) is 0 Å². The maximum atomic E-state index is 10.5. The number of nitro benzene ring substituents is 2. The van der Waals surface area contributed by atoms with Crippen LogP contribution >= 0.6 is 0 Å². The van der Waals surface area contributed by atoms with Crippen LogP contribution in [0.4, 0.5) is 22.7 Å². The van der Waals surface area contributed by atoms with Crippen molar-refractivity contribution in [3.63, 3.8) is 0 Å². The Labute approximate surface area is 83.8 Å². The molecule has 0 unspecified atom stereocenters. The lowest BCUT2D eigenvalue weighted by Gasteiger charge is -2.05. The molecule has 0 atom stereocenters. The molecule has 8 heteroatoms. The molecule has 0 spiro atoms. The largest absolute Gasteiger partial charge is 0.393 e. The molecule has 4 N–H and O–H groups in total. The molecule has 1 aromatic rings. The maximum absolute atomic E-state index is 10.5. The molecule has 0 aliphatic carbocycles. The van der Waals surface area contributed by atoms with E-state index in [1.165, 1.54) is 6.92 Å². The van der Waals surface area contributed by atoms with Gasteiger partial charge in [0.25, 0.3) is 11.4 Å². The van der Waals surface area contributed by atoms with Crippen molar-refractivity contribution in [2.24, 2.45) is 0 Å². The van der Waals surface area contributed by atoms with Crippen molar-refractivity contribution in [2.75, 3.05) is 11.5 Å². The number of nitrogen functional groups attached to an aromatic ring is 2. The van der Waals surface area contributed by atoms with Crippen molar-refractivity contribution in [2.45, 2.75) is 6.92 Å². The van der Waals surface area contributed by atoms with E-state index in [1.54, 1.807) is 0 Å². The van der Waals surface area contributed by atoms with Crippen molar-refractivity contribution in [1.29, 1.82) is 0 Å². The van der Waals surface area contributed by atoms with Crippen LogP contribution in [-0.2, 0) is 0 Å². The van der Waals surface area contributed by atoms with Gasteiger partial charge in [0.2, 0.25) is 0 Å². The Morgan fingerprint density at radius 2 is 1.40 bits per heavy atom. The SMILES string of the molecule is Cc1c(N)c([N+](=O)[O-])cc([N+](=O)[O-])c1N. The molecule has 0 radical (unpaired) electrons. The zero-order valence-electron chi connectivity index (χ0n) is 7.76. The van der Waals surface area contributed by atoms with Crippen molar-refractivity contribution < 1.29 is 9.85 Å². The number of hydrogen-bond acceptors (Lipinski definition) is 6. The minimum atomic E-state index is -0.783. The van der Waals surface area contributed by atoms with Gasteiger partial charge >= 0.3 is 0 Å². The lowest BCUT2D eigenvalue weighted by Crippen LogP contribution is -2.05. The molecule has 0 aromatic heterocycles. The monoisotopic (exact) mass is 212 g/mol. The standard InChI is InChI=1S/C7H8N4O4/c1-3-6(8)4(10(12)13)2-5(7(3)9)11(14)15/h2H,8-9H2,1H3. The van der Waals surface area contributed by atoms with Gasteiger partial charge in [-0.25, -0.2) is 0 Å². The van der Waals surface area contributed by atoms with E-state index in [0.29, 0.717) is 0 Å². The van der Waals surface area contributed by atoms with E-state index in [2.05, 4.69) is 0 Å². The fourth-order valence-corrected chi connectivity index (χ4v) is 1.12. The summed E-state index contributed by atoms with van der Waals surface area (Å²) in [5.74, 6) is 0. The summed E-state index contributed by atoms with van der Waals surface area (Å²) in [6.07, 6.45) is 0. The summed E-state index contributed by atoms with van der Waals surface area (Å²) in [5.41, 5.74) is 9.66. The average molecular weight is 212 g/mol. The molecule has 0 aliphatic rings. The van der Waals surface area contributed by atoms with Crippen molar-refractivity contribution in [3.05, 3.63) is 31.9 Å². The number of nitrogens with two attached hydrogens (primary N) is 2. The van der Waals surface area contributed by atoms with Crippen LogP contribution in [0, 0.1) is 27.2 Å². The Bertz CT molecular complexity index is 419. The Morgan fingerprint density at radius 3 is 1.67 bits per heavy atom. The van der Waals surface area contributed by atoms with Crippen molar-refractivity contribution in [1.82, 2.24) is 0 Å². The predicted molar refractivity (Wildman–Crippen MR) is 53.3 cm³/mol. The summed E-state index contributed by atoms with van der Waals surface area (Å²) in [5, 5.41) is 21.0. The van der Waals surface area contributed by atoms with Crippen LogP contribution < -0.4 is 11.5 Å². The van der Waals surface area contributed by atoms with E-state index < -0.39 is 21.2 Å². The smallest absolute Gasteiger partial charge is 0.299 e. The third-order valence-electron chi connectivity index (χ3n) is 2.03. The summed E-state index contributed by atoms with van der Waals surface area (Å²) >= 11 is 0. The highest BCUT2D eigenvalue weighted by Gasteiger charge is 2.24. The predicted octanol–water partition coefficient (Wildman–Crippen LogP) is 0.976. The molecule has 0 saturated carbocycles. The summed E-state index contributed by atoms with van der Waals surface area (Å²) < 4.78 is 0. The van der Waals surface area contributed by atoms with Crippen LogP contribution in [0.15, 0.2) is 6.07 Å². The lowest BCUT2D eigenvalue weighted by molar-refractivity contribution is -0.393. The second kappa shape index (κ2) is 3.40. The summed E-state index contributed by atoms with van der Waals surface area (Å²) in [6.45, 7) is 1.39. The van der Waals surface area contributed by atoms with E-state index in [4.69, 9.17) is 11.5 Å². The first-order valence-electron chi connectivity index (χ1n) is 3.83. The van der Waals surface area contributed by atoms with Gasteiger partial charge in [0.15, 0.2) is 0 Å².